The van der Waals surface area contributed by atoms with Gasteiger partial charge in [0.2, 0.25) is 0 Å². The molecule has 0 spiro atoms. The monoisotopic (exact) mass is 266 g/mol. The van der Waals surface area contributed by atoms with Crippen LogP contribution in [-0.4, -0.2) is 38.8 Å². The van der Waals surface area contributed by atoms with Crippen molar-refractivity contribution in [1.29, 1.82) is 0 Å². The highest BCUT2D eigenvalue weighted by Crippen LogP contribution is 2.45. The highest BCUT2D eigenvalue weighted by Gasteiger charge is 2.47. The summed E-state index contributed by atoms with van der Waals surface area (Å²) in [4.78, 5) is 0. The van der Waals surface area contributed by atoms with Crippen molar-refractivity contribution in [2.45, 2.75) is 12.4 Å². The molecule has 2 aliphatic heterocycles. The van der Waals surface area contributed by atoms with E-state index < -0.39 is 6.29 Å². The van der Waals surface area contributed by atoms with E-state index in [1.165, 1.54) is 0 Å². The zero-order valence-corrected chi connectivity index (χ0v) is 11.0. The Morgan fingerprint density at radius 2 is 1.79 bits per heavy atom. The van der Waals surface area contributed by atoms with Gasteiger partial charge in [-0.1, -0.05) is 6.07 Å². The molecule has 0 bridgehead atoms. The Kier molecular flexibility index (Phi) is 3.35. The maximum Gasteiger partial charge on any atom is 0.161 e. The molecule has 2 fully saturated rings. The number of rotatable bonds is 3. The Morgan fingerprint density at radius 3 is 2.53 bits per heavy atom. The number of hydrogen-bond donors (Lipinski definition) is 1. The molecule has 2 aliphatic rings. The molecule has 0 aliphatic carbocycles. The van der Waals surface area contributed by atoms with Crippen molar-refractivity contribution in [2.24, 2.45) is 11.8 Å². The zero-order chi connectivity index (χ0) is 13.4. The fraction of sp³-hybridized carbons (Fsp3) is 0.571. The standard InChI is InChI=1S/C14H18O5/c1-16-11-4-3-8(5-12(11)17-2)13-9-6-19-14(15)10(9)7-18-13/h3-5,9-10,13-15H,6-7H2,1-2H3/t9-,10-,13+,14-/m0/s1. The molecule has 0 aromatic heterocycles. The molecule has 0 saturated carbocycles. The molecule has 104 valence electrons. The molecule has 0 unspecified atom stereocenters. The van der Waals surface area contributed by atoms with Crippen LogP contribution >= 0.6 is 0 Å². The lowest BCUT2D eigenvalue weighted by atomic mass is 9.89. The molecule has 4 atom stereocenters. The van der Waals surface area contributed by atoms with Gasteiger partial charge in [0.05, 0.1) is 33.5 Å². The van der Waals surface area contributed by atoms with Gasteiger partial charge in [-0.15, -0.1) is 0 Å². The number of ether oxygens (including phenoxy) is 4. The van der Waals surface area contributed by atoms with Crippen molar-refractivity contribution in [3.05, 3.63) is 23.8 Å². The normalized spacial score (nSPS) is 33.2. The van der Waals surface area contributed by atoms with Crippen LogP contribution in [0.2, 0.25) is 0 Å². The first-order chi connectivity index (χ1) is 9.24. The van der Waals surface area contributed by atoms with Gasteiger partial charge >= 0.3 is 0 Å². The van der Waals surface area contributed by atoms with Gasteiger partial charge in [0.25, 0.3) is 0 Å². The van der Waals surface area contributed by atoms with Crippen LogP contribution in [0.3, 0.4) is 0 Å². The van der Waals surface area contributed by atoms with Gasteiger partial charge in [0.15, 0.2) is 17.8 Å². The van der Waals surface area contributed by atoms with Crippen LogP contribution in [0.5, 0.6) is 11.5 Å². The molecule has 5 heteroatoms. The Morgan fingerprint density at radius 1 is 1.05 bits per heavy atom. The number of fused-ring (bicyclic) bond motifs is 1. The third kappa shape index (κ3) is 2.08. The molecule has 0 radical (unpaired) electrons. The second kappa shape index (κ2) is 5.00. The quantitative estimate of drug-likeness (QED) is 0.895. The van der Waals surface area contributed by atoms with Crippen LogP contribution in [-0.2, 0) is 9.47 Å². The van der Waals surface area contributed by atoms with Gasteiger partial charge in [-0.05, 0) is 17.7 Å². The van der Waals surface area contributed by atoms with Crippen molar-refractivity contribution in [1.82, 2.24) is 0 Å². The number of hydrogen-bond acceptors (Lipinski definition) is 5. The van der Waals surface area contributed by atoms with Crippen LogP contribution in [0.4, 0.5) is 0 Å². The molecule has 2 saturated heterocycles. The van der Waals surface area contributed by atoms with E-state index in [9.17, 15) is 5.11 Å². The van der Waals surface area contributed by atoms with Gasteiger partial charge in [0, 0.05) is 11.8 Å². The van der Waals surface area contributed by atoms with Crippen molar-refractivity contribution in [3.63, 3.8) is 0 Å². The second-order valence-electron chi connectivity index (χ2n) is 4.92. The molecular weight excluding hydrogens is 248 g/mol. The van der Waals surface area contributed by atoms with Crippen LogP contribution < -0.4 is 9.47 Å². The van der Waals surface area contributed by atoms with Crippen LogP contribution in [0.25, 0.3) is 0 Å². The molecule has 1 aromatic rings. The van der Waals surface area contributed by atoms with E-state index in [1.54, 1.807) is 14.2 Å². The van der Waals surface area contributed by atoms with Crippen LogP contribution in [0, 0.1) is 11.8 Å². The topological polar surface area (TPSA) is 57.2 Å². The predicted octanol–water partition coefficient (Wildman–Crippen LogP) is 1.36. The van der Waals surface area contributed by atoms with E-state index in [0.717, 1.165) is 5.56 Å². The van der Waals surface area contributed by atoms with E-state index in [1.807, 2.05) is 18.2 Å². The SMILES string of the molecule is COc1ccc([C@H]2OC[C@H]3[C@@H]2CO[C@@H]3O)cc1OC. The third-order valence-electron chi connectivity index (χ3n) is 3.97. The fourth-order valence-corrected chi connectivity index (χ4v) is 2.90. The second-order valence-corrected chi connectivity index (χ2v) is 4.92. The minimum atomic E-state index is -0.699. The first-order valence-corrected chi connectivity index (χ1v) is 6.37. The highest BCUT2D eigenvalue weighted by atomic mass is 16.6. The Labute approximate surface area is 112 Å². The molecule has 2 heterocycles. The molecule has 0 amide bonds. The maximum atomic E-state index is 9.70. The molecule has 3 rings (SSSR count). The zero-order valence-electron chi connectivity index (χ0n) is 11.0. The average Bonchev–Trinajstić information content (AvgIpc) is 3.01. The largest absolute Gasteiger partial charge is 0.493 e. The predicted molar refractivity (Wildman–Crippen MR) is 67.2 cm³/mol. The van der Waals surface area contributed by atoms with Crippen molar-refractivity contribution in [3.8, 4) is 11.5 Å². The van der Waals surface area contributed by atoms with Crippen LogP contribution in [0.1, 0.15) is 11.7 Å². The minimum absolute atomic E-state index is 0.0537. The molecule has 1 aromatic carbocycles. The van der Waals surface area contributed by atoms with E-state index >= 15 is 0 Å². The Hall–Kier alpha value is -1.30. The third-order valence-corrected chi connectivity index (χ3v) is 3.97. The van der Waals surface area contributed by atoms with E-state index in [-0.39, 0.29) is 17.9 Å². The first kappa shape index (κ1) is 12.7. The molecule has 1 N–H and O–H groups in total. The van der Waals surface area contributed by atoms with Gasteiger partial charge in [-0.2, -0.15) is 0 Å². The summed E-state index contributed by atoms with van der Waals surface area (Å²) in [6.07, 6.45) is -0.753. The van der Waals surface area contributed by atoms with E-state index in [2.05, 4.69) is 0 Å². The van der Waals surface area contributed by atoms with Crippen LogP contribution in [0.15, 0.2) is 18.2 Å². The molecular formula is C14H18O5. The van der Waals surface area contributed by atoms with Gasteiger partial charge in [-0.25, -0.2) is 0 Å². The minimum Gasteiger partial charge on any atom is -0.493 e. The van der Waals surface area contributed by atoms with E-state index in [4.69, 9.17) is 18.9 Å². The summed E-state index contributed by atoms with van der Waals surface area (Å²) in [7, 11) is 3.23. The lowest BCUT2D eigenvalue weighted by Crippen LogP contribution is -2.19. The summed E-state index contributed by atoms with van der Waals surface area (Å²) in [6, 6.07) is 5.77. The lowest BCUT2D eigenvalue weighted by molar-refractivity contribution is -0.0961. The van der Waals surface area contributed by atoms with Gasteiger partial charge in [-0.3, -0.25) is 0 Å². The molecule has 19 heavy (non-hydrogen) atoms. The smallest absolute Gasteiger partial charge is 0.161 e. The number of aliphatic hydroxyl groups excluding tert-OH is 1. The summed E-state index contributed by atoms with van der Waals surface area (Å²) < 4.78 is 21.6. The van der Waals surface area contributed by atoms with Gasteiger partial charge in [0.1, 0.15) is 0 Å². The lowest BCUT2D eigenvalue weighted by Gasteiger charge is -2.18. The summed E-state index contributed by atoms with van der Waals surface area (Å²) in [5.74, 6) is 1.65. The summed E-state index contributed by atoms with van der Waals surface area (Å²) in [6.45, 7) is 1.07. The fourth-order valence-electron chi connectivity index (χ4n) is 2.90. The first-order valence-electron chi connectivity index (χ1n) is 6.37. The number of aliphatic hydroxyl groups is 1. The van der Waals surface area contributed by atoms with Gasteiger partial charge < -0.3 is 24.1 Å². The van der Waals surface area contributed by atoms with Crippen molar-refractivity contribution < 1.29 is 24.1 Å². The number of methoxy groups -OCH3 is 2. The Bertz CT molecular complexity index is 461. The number of benzene rings is 1. The highest BCUT2D eigenvalue weighted by molar-refractivity contribution is 5.43. The van der Waals surface area contributed by atoms with E-state index in [0.29, 0.717) is 24.7 Å². The summed E-state index contributed by atoms with van der Waals surface area (Å²) >= 11 is 0. The summed E-state index contributed by atoms with van der Waals surface area (Å²) in [5.41, 5.74) is 1.03. The average molecular weight is 266 g/mol. The molecule has 5 nitrogen and oxygen atoms in total. The Balaban J connectivity index is 1.87. The van der Waals surface area contributed by atoms with Crippen molar-refractivity contribution >= 4 is 0 Å². The maximum absolute atomic E-state index is 9.70. The summed E-state index contributed by atoms with van der Waals surface area (Å²) in [5, 5.41) is 9.70. The van der Waals surface area contributed by atoms with Crippen molar-refractivity contribution in [2.75, 3.05) is 27.4 Å².